The minimum atomic E-state index is -0.223. The molecule has 6 nitrogen and oxygen atoms in total. The number of imidazole rings is 1. The smallest absolute Gasteiger partial charge is 0.251 e. The molecule has 1 aliphatic rings. The molecule has 0 bridgehead atoms. The van der Waals surface area contributed by atoms with Crippen molar-refractivity contribution in [2.24, 2.45) is 12.8 Å². The van der Waals surface area contributed by atoms with Crippen molar-refractivity contribution in [2.75, 3.05) is 0 Å². The minimum absolute atomic E-state index is 0.0802. The molecule has 0 saturated heterocycles. The Bertz CT molecular complexity index is 595. The van der Waals surface area contributed by atoms with Gasteiger partial charge in [-0.15, -0.1) is 0 Å². The summed E-state index contributed by atoms with van der Waals surface area (Å²) in [6, 6.07) is 0. The first kappa shape index (κ1) is 15.2. The van der Waals surface area contributed by atoms with Crippen LogP contribution in [0, 0.1) is 0 Å². The second-order valence-electron chi connectivity index (χ2n) is 5.88. The summed E-state index contributed by atoms with van der Waals surface area (Å²) in [6.45, 7) is 8.16. The first-order chi connectivity index (χ1) is 9.82. The monoisotopic (exact) mass is 289 g/mol. The number of hydrogen-bond donors (Lipinski definition) is 3. The van der Waals surface area contributed by atoms with Gasteiger partial charge in [0, 0.05) is 29.9 Å². The third-order valence-electron chi connectivity index (χ3n) is 3.91. The molecule has 1 aliphatic carbocycles. The molecule has 1 saturated carbocycles. The third-order valence-corrected chi connectivity index (χ3v) is 3.91. The lowest BCUT2D eigenvalue weighted by Crippen LogP contribution is -2.33. The number of nitrogens with two attached hydrogens (primary N) is 1. The Morgan fingerprint density at radius 1 is 1.57 bits per heavy atom. The summed E-state index contributed by atoms with van der Waals surface area (Å²) in [4.78, 5) is 16.1. The average molecular weight is 289 g/mol. The van der Waals surface area contributed by atoms with Crippen LogP contribution in [0.15, 0.2) is 36.1 Å². The lowest BCUT2D eigenvalue weighted by Gasteiger charge is -2.17. The number of nitrogens with zero attached hydrogens (tertiary/aromatic N) is 2. The van der Waals surface area contributed by atoms with Gasteiger partial charge in [0.15, 0.2) is 0 Å². The molecule has 0 radical (unpaired) electrons. The van der Waals surface area contributed by atoms with Crippen molar-refractivity contribution in [3.63, 3.8) is 0 Å². The highest BCUT2D eigenvalue weighted by atomic mass is 16.1. The van der Waals surface area contributed by atoms with E-state index in [1.165, 1.54) is 0 Å². The van der Waals surface area contributed by atoms with Gasteiger partial charge in [-0.2, -0.15) is 0 Å². The maximum absolute atomic E-state index is 12.1. The van der Waals surface area contributed by atoms with Crippen LogP contribution in [-0.4, -0.2) is 21.0 Å². The molecule has 0 unspecified atom stereocenters. The van der Waals surface area contributed by atoms with Crippen LogP contribution in [0.3, 0.4) is 0 Å². The summed E-state index contributed by atoms with van der Waals surface area (Å²) in [5.74, 6) is 0.301. The van der Waals surface area contributed by atoms with E-state index in [2.05, 4.69) is 29.1 Å². The normalized spacial score (nSPS) is 16.9. The first-order valence-corrected chi connectivity index (χ1v) is 6.99. The molecular formula is C15H23N5O. The van der Waals surface area contributed by atoms with Gasteiger partial charge in [0.25, 0.3) is 5.91 Å². The standard InChI is InChI=1S/C15H23N5O/c1-10(13(16)19-15(3)5-6-15)11(2)14(21)18-8-12-7-17-9-20(12)4/h7,9,19H,2,5-6,8,16H2,1,3-4H3,(H,18,21)/b13-10-. The molecule has 114 valence electrons. The molecule has 0 atom stereocenters. The number of amides is 1. The first-order valence-electron chi connectivity index (χ1n) is 6.99. The number of aromatic nitrogens is 2. The second-order valence-corrected chi connectivity index (χ2v) is 5.88. The molecule has 0 aromatic carbocycles. The lowest BCUT2D eigenvalue weighted by atomic mass is 10.1. The number of carbonyl (C=O) groups excluding carboxylic acids is 1. The highest BCUT2D eigenvalue weighted by Gasteiger charge is 2.37. The van der Waals surface area contributed by atoms with Crippen LogP contribution in [0.1, 0.15) is 32.4 Å². The number of rotatable bonds is 6. The molecule has 1 amide bonds. The molecule has 6 heteroatoms. The summed E-state index contributed by atoms with van der Waals surface area (Å²) in [5.41, 5.74) is 8.08. The zero-order valence-electron chi connectivity index (χ0n) is 12.9. The highest BCUT2D eigenvalue weighted by Crippen LogP contribution is 2.35. The van der Waals surface area contributed by atoms with Crippen LogP contribution in [0.4, 0.5) is 0 Å². The zero-order valence-corrected chi connectivity index (χ0v) is 12.9. The van der Waals surface area contributed by atoms with Crippen LogP contribution in [0.5, 0.6) is 0 Å². The molecule has 4 N–H and O–H groups in total. The Morgan fingerprint density at radius 2 is 2.24 bits per heavy atom. The Morgan fingerprint density at radius 3 is 2.76 bits per heavy atom. The Kier molecular flexibility index (Phi) is 4.06. The van der Waals surface area contributed by atoms with Crippen molar-refractivity contribution >= 4 is 5.91 Å². The number of aryl methyl sites for hydroxylation is 1. The van der Waals surface area contributed by atoms with Gasteiger partial charge < -0.3 is 20.9 Å². The van der Waals surface area contributed by atoms with Gasteiger partial charge in [-0.1, -0.05) is 6.58 Å². The molecule has 2 rings (SSSR count). The summed E-state index contributed by atoms with van der Waals surface area (Å²) in [6.07, 6.45) is 5.61. The van der Waals surface area contributed by atoms with Crippen LogP contribution < -0.4 is 16.4 Å². The van der Waals surface area contributed by atoms with E-state index in [4.69, 9.17) is 5.73 Å². The third kappa shape index (κ3) is 3.65. The van der Waals surface area contributed by atoms with E-state index in [1.54, 1.807) is 19.4 Å². The molecule has 1 heterocycles. The van der Waals surface area contributed by atoms with Crippen LogP contribution in [0.2, 0.25) is 0 Å². The second kappa shape index (κ2) is 5.63. The Hall–Kier alpha value is -2.24. The molecule has 0 aliphatic heterocycles. The zero-order chi connectivity index (χ0) is 15.6. The van der Waals surface area contributed by atoms with E-state index in [9.17, 15) is 4.79 Å². The van der Waals surface area contributed by atoms with Crippen molar-refractivity contribution in [3.05, 3.63) is 41.8 Å². The molecule has 0 spiro atoms. The maximum Gasteiger partial charge on any atom is 0.251 e. The Labute approximate surface area is 125 Å². The van der Waals surface area contributed by atoms with E-state index < -0.39 is 0 Å². The van der Waals surface area contributed by atoms with E-state index >= 15 is 0 Å². The molecule has 21 heavy (non-hydrogen) atoms. The van der Waals surface area contributed by atoms with Gasteiger partial charge in [0.1, 0.15) is 5.82 Å². The highest BCUT2D eigenvalue weighted by molar-refractivity contribution is 5.97. The topological polar surface area (TPSA) is 85.0 Å². The van der Waals surface area contributed by atoms with E-state index in [1.807, 2.05) is 11.6 Å². The number of hydrogen-bond acceptors (Lipinski definition) is 4. The van der Waals surface area contributed by atoms with Gasteiger partial charge in [0.05, 0.1) is 18.6 Å². The van der Waals surface area contributed by atoms with Crippen molar-refractivity contribution in [2.45, 2.75) is 38.8 Å². The van der Waals surface area contributed by atoms with Gasteiger partial charge in [-0.25, -0.2) is 4.98 Å². The van der Waals surface area contributed by atoms with Crippen molar-refractivity contribution in [1.29, 1.82) is 0 Å². The quantitative estimate of drug-likeness (QED) is 0.537. The molecule has 1 fully saturated rings. The van der Waals surface area contributed by atoms with Crippen molar-refractivity contribution in [3.8, 4) is 0 Å². The van der Waals surface area contributed by atoms with Crippen molar-refractivity contribution < 1.29 is 4.79 Å². The van der Waals surface area contributed by atoms with E-state index in [0.717, 1.165) is 18.5 Å². The van der Waals surface area contributed by atoms with E-state index in [-0.39, 0.29) is 11.4 Å². The molecule has 1 aromatic rings. The SMILES string of the molecule is C=C(C(=O)NCc1cncn1C)/C(C)=C(/N)NC1(C)CC1. The summed E-state index contributed by atoms with van der Waals surface area (Å²) in [5, 5.41) is 6.07. The Balaban J connectivity index is 1.93. The fraction of sp³-hybridized carbons (Fsp3) is 0.467. The van der Waals surface area contributed by atoms with Gasteiger partial charge in [-0.3, -0.25) is 4.79 Å². The fourth-order valence-electron chi connectivity index (χ4n) is 1.90. The maximum atomic E-state index is 12.1. The predicted molar refractivity (Wildman–Crippen MR) is 81.9 cm³/mol. The summed E-state index contributed by atoms with van der Waals surface area (Å²) >= 11 is 0. The van der Waals surface area contributed by atoms with Gasteiger partial charge >= 0.3 is 0 Å². The summed E-state index contributed by atoms with van der Waals surface area (Å²) in [7, 11) is 1.88. The largest absolute Gasteiger partial charge is 0.385 e. The minimum Gasteiger partial charge on any atom is -0.385 e. The number of nitrogens with one attached hydrogen (secondary N) is 2. The van der Waals surface area contributed by atoms with Crippen LogP contribution >= 0.6 is 0 Å². The van der Waals surface area contributed by atoms with Gasteiger partial charge in [0.2, 0.25) is 0 Å². The fourth-order valence-corrected chi connectivity index (χ4v) is 1.90. The van der Waals surface area contributed by atoms with Gasteiger partial charge in [-0.05, 0) is 26.7 Å². The number of carbonyl (C=O) groups is 1. The lowest BCUT2D eigenvalue weighted by molar-refractivity contribution is -0.117. The molecule has 1 aromatic heterocycles. The van der Waals surface area contributed by atoms with Crippen LogP contribution in [-0.2, 0) is 18.4 Å². The molecular weight excluding hydrogens is 266 g/mol. The predicted octanol–water partition coefficient (Wildman–Crippen LogP) is 0.925. The van der Waals surface area contributed by atoms with E-state index in [0.29, 0.717) is 23.5 Å². The average Bonchev–Trinajstić information content (AvgIpc) is 3.02. The van der Waals surface area contributed by atoms with Crippen LogP contribution in [0.25, 0.3) is 0 Å². The summed E-state index contributed by atoms with van der Waals surface area (Å²) < 4.78 is 1.86. The van der Waals surface area contributed by atoms with Crippen molar-refractivity contribution in [1.82, 2.24) is 20.2 Å².